The molecule has 1 aromatic rings. The first-order valence-electron chi connectivity index (χ1n) is 5.92. The molecule has 0 radical (unpaired) electrons. The van der Waals surface area contributed by atoms with Gasteiger partial charge in [-0.2, -0.15) is 0 Å². The quantitative estimate of drug-likeness (QED) is 0.734. The van der Waals surface area contributed by atoms with E-state index in [0.29, 0.717) is 25.9 Å². The number of aryl methyl sites for hydroxylation is 1. The third kappa shape index (κ3) is 2.37. The van der Waals surface area contributed by atoms with E-state index in [1.165, 1.54) is 13.3 Å². The van der Waals surface area contributed by atoms with Crippen LogP contribution < -0.4 is 0 Å². The van der Waals surface area contributed by atoms with Crippen molar-refractivity contribution in [1.29, 1.82) is 0 Å². The van der Waals surface area contributed by atoms with Gasteiger partial charge in [-0.05, 0) is 19.8 Å². The number of carbonyl (C=O) groups excluding carboxylic acids is 2. The molecule has 0 saturated carbocycles. The maximum absolute atomic E-state index is 12.1. The first-order valence-corrected chi connectivity index (χ1v) is 5.92. The molecule has 2 rings (SSSR count). The van der Waals surface area contributed by atoms with E-state index in [-0.39, 0.29) is 23.6 Å². The van der Waals surface area contributed by atoms with Crippen LogP contribution in [0.4, 0.5) is 0 Å². The van der Waals surface area contributed by atoms with E-state index >= 15 is 0 Å². The Morgan fingerprint density at radius 3 is 2.61 bits per heavy atom. The van der Waals surface area contributed by atoms with E-state index in [0.717, 1.165) is 5.56 Å². The molecule has 0 spiro atoms. The molecule has 1 saturated heterocycles. The van der Waals surface area contributed by atoms with Gasteiger partial charge >= 0.3 is 5.97 Å². The van der Waals surface area contributed by atoms with Crippen LogP contribution in [0, 0.1) is 12.8 Å². The van der Waals surface area contributed by atoms with Crippen LogP contribution in [0.3, 0.4) is 0 Å². The fourth-order valence-electron chi connectivity index (χ4n) is 2.13. The van der Waals surface area contributed by atoms with Gasteiger partial charge in [0.25, 0.3) is 5.91 Å². The minimum atomic E-state index is -0.196. The molecule has 18 heavy (non-hydrogen) atoms. The van der Waals surface area contributed by atoms with E-state index in [4.69, 9.17) is 9.26 Å². The summed E-state index contributed by atoms with van der Waals surface area (Å²) in [7, 11) is 1.39. The molecule has 1 amide bonds. The standard InChI is InChI=1S/C12H16N2O4/c1-8-7-13-18-10(8)11(15)14-5-3-9(4-6-14)12(16)17-2/h7,9H,3-6H2,1-2H3. The number of carbonyl (C=O) groups is 2. The molecular weight excluding hydrogens is 236 g/mol. The Balaban J connectivity index is 1.96. The van der Waals surface area contributed by atoms with Crippen molar-refractivity contribution in [3.63, 3.8) is 0 Å². The normalized spacial score (nSPS) is 16.7. The molecule has 1 aliphatic rings. The summed E-state index contributed by atoms with van der Waals surface area (Å²) in [6.45, 7) is 2.86. The molecule has 0 bridgehead atoms. The molecule has 6 heteroatoms. The zero-order chi connectivity index (χ0) is 13.1. The topological polar surface area (TPSA) is 72.6 Å². The van der Waals surface area contributed by atoms with E-state index in [1.807, 2.05) is 0 Å². The second-order valence-corrected chi connectivity index (χ2v) is 4.43. The van der Waals surface area contributed by atoms with Crippen LogP contribution >= 0.6 is 0 Å². The van der Waals surface area contributed by atoms with Gasteiger partial charge in [-0.1, -0.05) is 5.16 Å². The van der Waals surface area contributed by atoms with Crippen LogP contribution in [-0.4, -0.2) is 42.1 Å². The average Bonchev–Trinajstić information content (AvgIpc) is 2.83. The van der Waals surface area contributed by atoms with Crippen molar-refractivity contribution >= 4 is 11.9 Å². The van der Waals surface area contributed by atoms with Crippen molar-refractivity contribution in [3.05, 3.63) is 17.5 Å². The van der Waals surface area contributed by atoms with Gasteiger partial charge in [0, 0.05) is 18.7 Å². The number of ether oxygens (including phenoxy) is 1. The summed E-state index contributed by atoms with van der Waals surface area (Å²) in [6.07, 6.45) is 2.78. The Morgan fingerprint density at radius 2 is 2.11 bits per heavy atom. The molecule has 0 N–H and O–H groups in total. The first-order chi connectivity index (χ1) is 8.63. The molecule has 1 fully saturated rings. The number of esters is 1. The van der Waals surface area contributed by atoms with E-state index in [9.17, 15) is 9.59 Å². The first kappa shape index (κ1) is 12.6. The fraction of sp³-hybridized carbons (Fsp3) is 0.583. The van der Waals surface area contributed by atoms with E-state index < -0.39 is 0 Å². The van der Waals surface area contributed by atoms with Crippen LogP contribution in [0.1, 0.15) is 29.0 Å². The predicted molar refractivity (Wildman–Crippen MR) is 61.9 cm³/mol. The number of amides is 1. The summed E-state index contributed by atoms with van der Waals surface area (Å²) in [5.74, 6) is -0.173. The van der Waals surface area contributed by atoms with E-state index in [2.05, 4.69) is 5.16 Å². The number of rotatable bonds is 2. The summed E-state index contributed by atoms with van der Waals surface area (Å²) in [5.41, 5.74) is 0.732. The van der Waals surface area contributed by atoms with Crippen LogP contribution in [0.2, 0.25) is 0 Å². The third-order valence-corrected chi connectivity index (χ3v) is 3.26. The summed E-state index contributed by atoms with van der Waals surface area (Å²) < 4.78 is 9.65. The lowest BCUT2D eigenvalue weighted by Gasteiger charge is -2.30. The average molecular weight is 252 g/mol. The monoisotopic (exact) mass is 252 g/mol. The summed E-state index contributed by atoms with van der Waals surface area (Å²) in [4.78, 5) is 25.2. The highest BCUT2D eigenvalue weighted by Gasteiger charge is 2.30. The van der Waals surface area contributed by atoms with Crippen molar-refractivity contribution in [2.24, 2.45) is 5.92 Å². The third-order valence-electron chi connectivity index (χ3n) is 3.26. The van der Waals surface area contributed by atoms with Gasteiger partial charge < -0.3 is 14.2 Å². The molecule has 98 valence electrons. The summed E-state index contributed by atoms with van der Waals surface area (Å²) >= 11 is 0. The zero-order valence-corrected chi connectivity index (χ0v) is 10.5. The van der Waals surface area contributed by atoms with Gasteiger partial charge in [-0.25, -0.2) is 0 Å². The second kappa shape index (κ2) is 5.20. The van der Waals surface area contributed by atoms with Gasteiger partial charge in [0.05, 0.1) is 19.2 Å². The van der Waals surface area contributed by atoms with Gasteiger partial charge in [0.1, 0.15) is 0 Å². The molecule has 6 nitrogen and oxygen atoms in total. The maximum atomic E-state index is 12.1. The molecule has 0 aliphatic carbocycles. The molecule has 0 unspecified atom stereocenters. The minimum Gasteiger partial charge on any atom is -0.469 e. The van der Waals surface area contributed by atoms with Gasteiger partial charge in [0.2, 0.25) is 5.76 Å². The van der Waals surface area contributed by atoms with Crippen molar-refractivity contribution in [2.75, 3.05) is 20.2 Å². The SMILES string of the molecule is COC(=O)C1CCN(C(=O)c2oncc2C)CC1. The van der Waals surface area contributed by atoms with Crippen molar-refractivity contribution in [1.82, 2.24) is 10.1 Å². The predicted octanol–water partition coefficient (Wildman–Crippen LogP) is 1.01. The van der Waals surface area contributed by atoms with Crippen molar-refractivity contribution in [2.45, 2.75) is 19.8 Å². The van der Waals surface area contributed by atoms with Crippen LogP contribution in [0.5, 0.6) is 0 Å². The zero-order valence-electron chi connectivity index (χ0n) is 10.5. The second-order valence-electron chi connectivity index (χ2n) is 4.43. The molecule has 2 heterocycles. The Labute approximate surface area is 105 Å². The summed E-state index contributed by atoms with van der Waals surface area (Å²) in [5, 5.41) is 3.60. The Kier molecular flexibility index (Phi) is 3.64. The lowest BCUT2D eigenvalue weighted by Crippen LogP contribution is -2.40. The highest BCUT2D eigenvalue weighted by Crippen LogP contribution is 2.20. The largest absolute Gasteiger partial charge is 0.469 e. The molecule has 0 atom stereocenters. The van der Waals surface area contributed by atoms with Crippen LogP contribution in [0.25, 0.3) is 0 Å². The number of aromatic nitrogens is 1. The summed E-state index contributed by atoms with van der Waals surface area (Å²) in [6, 6.07) is 0. The molecule has 1 aliphatic heterocycles. The fourth-order valence-corrected chi connectivity index (χ4v) is 2.13. The van der Waals surface area contributed by atoms with Crippen molar-refractivity contribution < 1.29 is 18.8 Å². The van der Waals surface area contributed by atoms with Crippen molar-refractivity contribution in [3.8, 4) is 0 Å². The lowest BCUT2D eigenvalue weighted by atomic mass is 9.97. The Bertz CT molecular complexity index is 447. The number of likely N-dealkylation sites (tertiary alicyclic amines) is 1. The number of nitrogens with zero attached hydrogens (tertiary/aromatic N) is 2. The Hall–Kier alpha value is -1.85. The van der Waals surface area contributed by atoms with Gasteiger partial charge in [0.15, 0.2) is 0 Å². The molecular formula is C12H16N2O4. The van der Waals surface area contributed by atoms with Crippen LogP contribution in [0.15, 0.2) is 10.7 Å². The highest BCUT2D eigenvalue weighted by molar-refractivity contribution is 5.92. The van der Waals surface area contributed by atoms with Gasteiger partial charge in [-0.15, -0.1) is 0 Å². The van der Waals surface area contributed by atoms with Gasteiger partial charge in [-0.3, -0.25) is 9.59 Å². The van der Waals surface area contributed by atoms with E-state index in [1.54, 1.807) is 11.8 Å². The Morgan fingerprint density at radius 1 is 1.44 bits per heavy atom. The highest BCUT2D eigenvalue weighted by atomic mass is 16.5. The number of hydrogen-bond acceptors (Lipinski definition) is 5. The number of methoxy groups -OCH3 is 1. The molecule has 1 aromatic heterocycles. The number of piperidine rings is 1. The minimum absolute atomic E-state index is 0.102. The lowest BCUT2D eigenvalue weighted by molar-refractivity contribution is -0.146. The molecule has 0 aromatic carbocycles. The smallest absolute Gasteiger partial charge is 0.308 e. The number of hydrogen-bond donors (Lipinski definition) is 0. The maximum Gasteiger partial charge on any atom is 0.308 e. The van der Waals surface area contributed by atoms with Crippen LogP contribution in [-0.2, 0) is 9.53 Å².